The fraction of sp³-hybridized carbons (Fsp3) is 0.372. The van der Waals surface area contributed by atoms with E-state index >= 15 is 0 Å². The first-order valence-electron chi connectivity index (χ1n) is 42.6. The number of hydrogen-bond acceptors (Lipinski definition) is 22. The molecule has 43 heteroatoms. The SMILES string of the molecule is CC(C)(C)c1ccccc1-n1c(=O)[nH]c(=O)c2cc(Cl)c(Cl)nc21.CC(C)(C)c1ccccc1N.CC(C)(C)c1ccccc1NC(=O)NC(=O)c1cc(Cl)c(Cl)nc1Cl.C[C@H]1CN(C(=O)OC(C)(C)C)CCN1.C[C@H]1CN(C(=O)OC(C)(C)C)CCN1c1nc(=O)n(-c2ccccc2C(C)(C)C)c2nc(Cl)c(Cl)cc12.NC(=O)c1cc(Cl)c(Cl)nc1Cl.O[B]Oc1c(O)cccc1F.[2H]CS.[H-].[K+]. The number of pyridine rings is 4. The molecule has 0 saturated carbocycles. The van der Waals surface area contributed by atoms with Crippen molar-refractivity contribution in [3.8, 4) is 22.9 Å². The normalized spacial score (nSPS) is 13.7. The number of primary amides is 1. The molecule has 2 aliphatic rings. The van der Waals surface area contributed by atoms with Gasteiger partial charge in [-0.2, -0.15) is 17.6 Å². The molecule has 6 aromatic heterocycles. The molecule has 13 rings (SSSR count). The Morgan fingerprint density at radius 1 is 0.555 bits per heavy atom. The number of rotatable bonds is 8. The molecule has 2 atom stereocenters. The molecule has 29 nitrogen and oxygen atoms in total. The van der Waals surface area contributed by atoms with Crippen LogP contribution in [0.15, 0.2) is 154 Å². The summed E-state index contributed by atoms with van der Waals surface area (Å²) in [4.78, 5) is 126. The standard InChI is InChI=1S/C27H33Cl2N5O3.C17H16Cl3N3O2.C17H15Cl2N3O2.C10H20N2O2.C10H15N.C6H5BFO3.C6H3Cl3N2O.CH4S.K.H/c1-16-15-32(25(36)37-27(5,6)7)12-13-33(16)22-17-14-19(28)21(29)30-23(17)34(24(35)31-22)20-11-9-8-10-18(20)26(2,3)4;1-17(2,3)10-6-4-5-7-12(10)21-16(25)23-15(24)9-8-11(18)14(20)22-13(9)19;1-17(2,3)10-6-4-5-7-12(10)22-14-9(15(23)21-16(22)24)8-11(18)13(19)20-14;1-8-7-12(6-5-11-8)9(13)14-10(2,3)4;1-10(2,3)8-6-4-5-7-9(8)11;8-4-2-1-3-5(9)6(4)11-7-10;7-3-1-2(6(10)12)4(8)11-5(3)9;1-2;;/h8-11,14,16H,12-13,15H2,1-7H3;4-8H,1-3H3,(H2,21,23,24,25);4-8H,1-3H3,(H,21,23,24);8,11H,5-7H2,1-4H3;4-7H,11H2,1-3H3;1-3,9-10H;1H,(H2,10,12);2H,1H3;;/q;;;;;;;;+1;-1/t16-;;;8-;;;;;;/m0..0....../s1/i;;;;;;;1D;;. The molecule has 1 radical (unpaired) electrons. The van der Waals surface area contributed by atoms with E-state index in [-0.39, 0.29) is 184 Å². The summed E-state index contributed by atoms with van der Waals surface area (Å²) in [6.07, 6.45) is -0.367. The van der Waals surface area contributed by atoms with Crippen LogP contribution in [0.2, 0.25) is 51.0 Å². The molecule has 137 heavy (non-hydrogen) atoms. The molecule has 10 N–H and O–H groups in total. The van der Waals surface area contributed by atoms with Gasteiger partial charge in [0.2, 0.25) is 0 Å². The molecule has 6 amide bonds. The first kappa shape index (κ1) is 117. The number of carbonyl (C=O) groups excluding carboxylic acids is 5. The number of anilines is 3. The van der Waals surface area contributed by atoms with Gasteiger partial charge in [-0.25, -0.2) is 57.4 Å². The van der Waals surface area contributed by atoms with Crippen molar-refractivity contribution >= 4 is 206 Å². The maximum Gasteiger partial charge on any atom is 1.00 e. The smallest absolute Gasteiger partial charge is 1.00 e. The number of aromatic nitrogens is 8. The number of phenols is 1. The number of fused-ring (bicyclic) bond motifs is 2. The van der Waals surface area contributed by atoms with E-state index in [1.165, 1.54) is 45.0 Å². The number of carbonyl (C=O) groups is 5. The van der Waals surface area contributed by atoms with Crippen LogP contribution < -0.4 is 105 Å². The van der Waals surface area contributed by atoms with E-state index in [4.69, 9.17) is 148 Å². The Balaban J connectivity index is 0.000000352. The Hall–Kier alpha value is -8.27. The number of phenolic OH excluding ortho intramolecular Hbond substituents is 1. The molecule has 733 valence electrons. The van der Waals surface area contributed by atoms with Crippen LogP contribution in [0, 0.1) is 5.82 Å². The summed E-state index contributed by atoms with van der Waals surface area (Å²) >= 11 is 62.2. The molecule has 2 aliphatic heterocycles. The number of thiol groups is 1. The maximum atomic E-state index is 13.6. The molecular weight excluding hydrogens is 2020 g/mol. The minimum absolute atomic E-state index is 0. The van der Waals surface area contributed by atoms with E-state index in [1.54, 1.807) is 28.0 Å². The number of hydrogen-bond donors (Lipinski definition) is 9. The molecular formula is C94H112BCl10FKN16O13S. The monoisotopic (exact) mass is 2120 g/mol. The number of aromatic amines is 1. The summed E-state index contributed by atoms with van der Waals surface area (Å²) in [7, 11) is 0.304. The number of H-pyrrole nitrogens is 1. The van der Waals surface area contributed by atoms with Crippen molar-refractivity contribution in [1.29, 1.82) is 0 Å². The molecule has 0 unspecified atom stereocenters. The van der Waals surface area contributed by atoms with Gasteiger partial charge >= 0.3 is 88.7 Å². The van der Waals surface area contributed by atoms with Gasteiger partial charge in [0.15, 0.2) is 28.6 Å². The van der Waals surface area contributed by atoms with Crippen molar-refractivity contribution < 1.29 is 107 Å². The second kappa shape index (κ2) is 51.9. The Bertz CT molecular complexity index is 6330. The molecule has 2 fully saturated rings. The Kier molecular flexibility index (Phi) is 44.5. The average molecular weight is 2130 g/mol. The van der Waals surface area contributed by atoms with Crippen LogP contribution in [0.3, 0.4) is 0 Å². The number of nitrogen functional groups attached to an aromatic ring is 1. The van der Waals surface area contributed by atoms with Crippen molar-refractivity contribution in [3.05, 3.63) is 261 Å². The second-order valence-corrected chi connectivity index (χ2v) is 40.4. The average Bonchev–Trinajstić information content (AvgIpc) is 0.758. The van der Waals surface area contributed by atoms with Gasteiger partial charge in [-0.05, 0) is 166 Å². The molecule has 8 heterocycles. The van der Waals surface area contributed by atoms with Crippen molar-refractivity contribution in [1.82, 2.24) is 59.5 Å². The zero-order valence-electron chi connectivity index (χ0n) is 81.6. The summed E-state index contributed by atoms with van der Waals surface area (Å²) in [5.74, 6) is -2.42. The second-order valence-electron chi connectivity index (χ2n) is 36.6. The summed E-state index contributed by atoms with van der Waals surface area (Å²) in [5, 5.41) is 26.6. The number of imide groups is 1. The minimum atomic E-state index is -0.734. The Morgan fingerprint density at radius 3 is 1.45 bits per heavy atom. The van der Waals surface area contributed by atoms with E-state index in [0.717, 1.165) is 48.1 Å². The first-order chi connectivity index (χ1) is 63.5. The largest absolute Gasteiger partial charge is 1.00 e. The third-order valence-corrected chi connectivity index (χ3v) is 22.7. The first-order valence-corrected chi connectivity index (χ1v) is 46.3. The van der Waals surface area contributed by atoms with Crippen LogP contribution in [0.5, 0.6) is 11.5 Å². The fourth-order valence-electron chi connectivity index (χ4n) is 13.3. The summed E-state index contributed by atoms with van der Waals surface area (Å²) in [6.45, 7) is 43.8. The van der Waals surface area contributed by atoms with Gasteiger partial charge in [0, 0.05) is 64.1 Å². The number of para-hydroxylation sites is 5. The van der Waals surface area contributed by atoms with Crippen molar-refractivity contribution in [2.45, 2.75) is 183 Å². The van der Waals surface area contributed by atoms with Crippen LogP contribution in [0.1, 0.15) is 184 Å². The number of benzene rings is 5. The number of aromatic hydroxyl groups is 1. The third kappa shape index (κ3) is 34.6. The third-order valence-electron chi connectivity index (χ3n) is 19.4. The van der Waals surface area contributed by atoms with Crippen molar-refractivity contribution in [2.24, 2.45) is 5.73 Å². The van der Waals surface area contributed by atoms with Crippen LogP contribution in [-0.4, -0.2) is 165 Å². The van der Waals surface area contributed by atoms with E-state index in [1.807, 2.05) is 174 Å². The van der Waals surface area contributed by atoms with Crippen molar-refractivity contribution in [3.63, 3.8) is 0 Å². The number of amides is 6. The van der Waals surface area contributed by atoms with Crippen LogP contribution in [-0.2, 0) is 31.1 Å². The number of nitrogens with zero attached hydrogens (tertiary/aromatic N) is 10. The van der Waals surface area contributed by atoms with Gasteiger partial charge in [-0.3, -0.25) is 24.7 Å². The summed E-state index contributed by atoms with van der Waals surface area (Å²) < 4.78 is 36.7. The van der Waals surface area contributed by atoms with E-state index in [2.05, 4.69) is 118 Å². The number of nitrogens with two attached hydrogens (primary N) is 2. The zero-order valence-corrected chi connectivity index (χ0v) is 91.2. The maximum absolute atomic E-state index is 13.6. The number of nitrogens with one attached hydrogen (secondary N) is 4. The fourth-order valence-corrected chi connectivity index (χ4v) is 15.0. The number of urea groups is 1. The van der Waals surface area contributed by atoms with Gasteiger partial charge < -0.3 is 62.5 Å². The van der Waals surface area contributed by atoms with Gasteiger partial charge in [0.25, 0.3) is 17.4 Å². The molecule has 0 bridgehead atoms. The van der Waals surface area contributed by atoms with Gasteiger partial charge in [0.05, 0.1) is 53.4 Å². The van der Waals surface area contributed by atoms with E-state index in [9.17, 15) is 42.7 Å². The molecule has 5 aromatic carbocycles. The molecule has 0 aliphatic carbocycles. The minimum Gasteiger partial charge on any atom is -1.00 e. The van der Waals surface area contributed by atoms with Crippen LogP contribution in [0.4, 0.5) is 36.0 Å². The number of ether oxygens (including phenoxy) is 2. The van der Waals surface area contributed by atoms with Crippen LogP contribution in [0.25, 0.3) is 33.4 Å². The van der Waals surface area contributed by atoms with E-state index in [0.29, 0.717) is 67.3 Å². The van der Waals surface area contributed by atoms with Crippen molar-refractivity contribution in [2.75, 3.05) is 61.5 Å². The topological polar surface area (TPSA) is 393 Å². The zero-order chi connectivity index (χ0) is 103. The van der Waals surface area contributed by atoms with Crippen LogP contribution >= 0.6 is 129 Å². The number of piperazine rings is 2. The molecule has 2 saturated heterocycles. The number of halogens is 11. The van der Waals surface area contributed by atoms with Gasteiger partial charge in [-0.15, -0.1) is 0 Å². The van der Waals surface area contributed by atoms with Gasteiger partial charge in [0.1, 0.15) is 47.9 Å². The quantitative estimate of drug-likeness (QED) is 0.0295. The summed E-state index contributed by atoms with van der Waals surface area (Å²) in [5.41, 5.74) is 15.2. The van der Waals surface area contributed by atoms with Gasteiger partial charge in [-0.1, -0.05) is 278 Å². The Labute approximate surface area is 897 Å². The predicted molar refractivity (Wildman–Crippen MR) is 551 cm³/mol. The molecule has 11 aromatic rings. The Morgan fingerprint density at radius 2 is 0.985 bits per heavy atom. The predicted octanol–water partition coefficient (Wildman–Crippen LogP) is 18.8. The van der Waals surface area contributed by atoms with E-state index < -0.39 is 51.8 Å². The molecule has 0 spiro atoms. The summed E-state index contributed by atoms with van der Waals surface area (Å²) in [6, 6.07) is 39.4.